The van der Waals surface area contributed by atoms with Gasteiger partial charge in [-0.25, -0.2) is 4.39 Å². The van der Waals surface area contributed by atoms with E-state index in [0.717, 1.165) is 16.2 Å². The molecule has 30 heavy (non-hydrogen) atoms. The van der Waals surface area contributed by atoms with Crippen LogP contribution in [0.2, 0.25) is 5.02 Å². The predicted molar refractivity (Wildman–Crippen MR) is 117 cm³/mol. The van der Waals surface area contributed by atoms with E-state index in [1.165, 1.54) is 18.3 Å². The van der Waals surface area contributed by atoms with Crippen molar-refractivity contribution in [2.45, 2.75) is 18.3 Å². The zero-order valence-corrected chi connectivity index (χ0v) is 18.3. The van der Waals surface area contributed by atoms with Crippen molar-refractivity contribution in [3.63, 3.8) is 0 Å². The van der Waals surface area contributed by atoms with Gasteiger partial charge in [-0.3, -0.25) is 9.59 Å². The van der Waals surface area contributed by atoms with Gasteiger partial charge >= 0.3 is 5.97 Å². The Kier molecular flexibility index (Phi) is 7.46. The Hall–Kier alpha value is -2.43. The van der Waals surface area contributed by atoms with Gasteiger partial charge in [0.2, 0.25) is 5.91 Å². The smallest absolute Gasteiger partial charge is 0.305 e. The third-order valence-electron chi connectivity index (χ3n) is 3.89. The standard InChI is InChI=1S/C19H14BrClFN3O4S/c20-11-4-5-15(29-9-12-13(21)2-1-3-14(12)22)10(6-11)8-23-25-19-24-18(28)16(30-19)7-17(26)27/h1-6,8,16H,7,9H2,(H,26,27)(H,24,25,28). The van der Waals surface area contributed by atoms with Gasteiger partial charge < -0.3 is 15.2 Å². The van der Waals surface area contributed by atoms with Gasteiger partial charge in [0.1, 0.15) is 23.4 Å². The summed E-state index contributed by atoms with van der Waals surface area (Å²) in [5.74, 6) is -1.54. The summed E-state index contributed by atoms with van der Waals surface area (Å²) < 4.78 is 20.4. The third kappa shape index (κ3) is 5.80. The molecule has 1 fully saturated rings. The van der Waals surface area contributed by atoms with E-state index in [-0.39, 0.29) is 28.8 Å². The quantitative estimate of drug-likeness (QED) is 0.426. The van der Waals surface area contributed by atoms with Gasteiger partial charge in [0.05, 0.1) is 17.7 Å². The molecule has 7 nitrogen and oxygen atoms in total. The molecule has 2 aromatic carbocycles. The number of nitrogens with one attached hydrogen (secondary N) is 1. The van der Waals surface area contributed by atoms with E-state index in [1.807, 2.05) is 0 Å². The second-order valence-corrected chi connectivity index (χ2v) is 8.53. The van der Waals surface area contributed by atoms with Crippen LogP contribution in [-0.4, -0.2) is 33.6 Å². The summed E-state index contributed by atoms with van der Waals surface area (Å²) in [5, 5.41) is 18.9. The molecule has 0 aromatic heterocycles. The number of amidine groups is 1. The number of carboxylic acid groups (broad SMARTS) is 1. The molecule has 0 aliphatic carbocycles. The molecule has 2 aromatic rings. The monoisotopic (exact) mass is 513 g/mol. The van der Waals surface area contributed by atoms with Gasteiger partial charge in [-0.05, 0) is 30.3 Å². The predicted octanol–water partition coefficient (Wildman–Crippen LogP) is 4.22. The van der Waals surface area contributed by atoms with Crippen LogP contribution in [0.4, 0.5) is 4.39 Å². The number of rotatable bonds is 7. The lowest BCUT2D eigenvalue weighted by atomic mass is 10.2. The molecule has 1 unspecified atom stereocenters. The highest BCUT2D eigenvalue weighted by atomic mass is 79.9. The molecule has 1 saturated heterocycles. The highest BCUT2D eigenvalue weighted by molar-refractivity contribution is 9.10. The van der Waals surface area contributed by atoms with Crippen molar-refractivity contribution in [3.05, 3.63) is 62.8 Å². The van der Waals surface area contributed by atoms with E-state index in [9.17, 15) is 14.0 Å². The van der Waals surface area contributed by atoms with Crippen molar-refractivity contribution in [2.24, 2.45) is 10.2 Å². The second-order valence-electron chi connectivity index (χ2n) is 6.01. The first kappa shape index (κ1) is 22.3. The minimum atomic E-state index is -1.07. The number of nitrogens with zero attached hydrogens (tertiary/aromatic N) is 2. The molecule has 1 aliphatic heterocycles. The van der Waals surface area contributed by atoms with Crippen molar-refractivity contribution in [3.8, 4) is 5.75 Å². The minimum absolute atomic E-state index is 0.0781. The summed E-state index contributed by atoms with van der Waals surface area (Å²) in [6.07, 6.45) is 1.11. The Morgan fingerprint density at radius 1 is 1.40 bits per heavy atom. The Morgan fingerprint density at radius 3 is 2.93 bits per heavy atom. The molecule has 1 heterocycles. The molecule has 11 heteroatoms. The third-order valence-corrected chi connectivity index (χ3v) is 5.81. The first-order valence-electron chi connectivity index (χ1n) is 8.49. The number of aliphatic carboxylic acids is 1. The molecule has 1 amide bonds. The second kappa shape index (κ2) is 10.1. The number of carbonyl (C=O) groups excluding carboxylic acids is 1. The number of carbonyl (C=O) groups is 2. The molecular formula is C19H14BrClFN3O4S. The minimum Gasteiger partial charge on any atom is -0.488 e. The molecule has 0 radical (unpaired) electrons. The van der Waals surface area contributed by atoms with Crippen molar-refractivity contribution in [1.29, 1.82) is 0 Å². The van der Waals surface area contributed by atoms with Crippen molar-refractivity contribution in [1.82, 2.24) is 5.32 Å². The number of halogens is 3. The highest BCUT2D eigenvalue weighted by Crippen LogP contribution is 2.26. The average molecular weight is 515 g/mol. The molecular weight excluding hydrogens is 501 g/mol. The highest BCUT2D eigenvalue weighted by Gasteiger charge is 2.32. The van der Waals surface area contributed by atoms with Crippen molar-refractivity contribution in [2.75, 3.05) is 0 Å². The molecule has 0 spiro atoms. The number of carboxylic acids is 1. The number of amides is 1. The van der Waals surface area contributed by atoms with E-state index in [4.69, 9.17) is 21.4 Å². The molecule has 0 saturated carbocycles. The zero-order valence-electron chi connectivity index (χ0n) is 15.1. The van der Waals surface area contributed by atoms with Crippen LogP contribution >= 0.6 is 39.3 Å². The molecule has 0 bridgehead atoms. The van der Waals surface area contributed by atoms with Crippen LogP contribution in [0.25, 0.3) is 0 Å². The van der Waals surface area contributed by atoms with Gasteiger partial charge in [0, 0.05) is 15.6 Å². The number of benzene rings is 2. The maximum absolute atomic E-state index is 13.9. The Morgan fingerprint density at radius 2 is 2.20 bits per heavy atom. The Labute approximate surface area is 188 Å². The zero-order chi connectivity index (χ0) is 21.7. The molecule has 1 atom stereocenters. The lowest BCUT2D eigenvalue weighted by Gasteiger charge is -2.11. The van der Waals surface area contributed by atoms with Gasteiger partial charge in [-0.15, -0.1) is 5.10 Å². The maximum atomic E-state index is 13.9. The molecule has 1 aliphatic rings. The largest absolute Gasteiger partial charge is 0.488 e. The Balaban J connectivity index is 1.73. The van der Waals surface area contributed by atoms with Gasteiger partial charge in [-0.2, -0.15) is 5.10 Å². The van der Waals surface area contributed by atoms with Gasteiger partial charge in [0.15, 0.2) is 5.17 Å². The van der Waals surface area contributed by atoms with Crippen molar-refractivity contribution < 1.29 is 23.8 Å². The molecule has 156 valence electrons. The summed E-state index contributed by atoms with van der Waals surface area (Å²) in [5.41, 5.74) is 0.789. The maximum Gasteiger partial charge on any atom is 0.305 e. The molecule has 3 rings (SSSR count). The topological polar surface area (TPSA) is 100 Å². The van der Waals surface area contributed by atoms with E-state index in [0.29, 0.717) is 11.3 Å². The van der Waals surface area contributed by atoms with Crippen LogP contribution in [0.15, 0.2) is 51.1 Å². The number of thioether (sulfide) groups is 1. The first-order valence-corrected chi connectivity index (χ1v) is 10.5. The summed E-state index contributed by atoms with van der Waals surface area (Å²) in [7, 11) is 0. The van der Waals surface area contributed by atoms with Gasteiger partial charge in [-0.1, -0.05) is 45.4 Å². The fourth-order valence-corrected chi connectivity index (χ4v) is 3.97. The Bertz CT molecular complexity index is 1030. The summed E-state index contributed by atoms with van der Waals surface area (Å²) in [4.78, 5) is 22.5. The van der Waals surface area contributed by atoms with Crippen LogP contribution in [0, 0.1) is 5.82 Å². The van der Waals surface area contributed by atoms with Crippen LogP contribution < -0.4 is 10.1 Å². The van der Waals surface area contributed by atoms with Crippen molar-refractivity contribution >= 4 is 62.6 Å². The lowest BCUT2D eigenvalue weighted by Crippen LogP contribution is -2.26. The fourth-order valence-electron chi connectivity index (χ4n) is 2.46. The summed E-state index contributed by atoms with van der Waals surface area (Å²) in [6, 6.07) is 9.56. The summed E-state index contributed by atoms with van der Waals surface area (Å²) >= 11 is 10.4. The lowest BCUT2D eigenvalue weighted by molar-refractivity contribution is -0.138. The normalized spacial score (nSPS) is 17.5. The molecule has 2 N–H and O–H groups in total. The summed E-state index contributed by atoms with van der Waals surface area (Å²) in [6.45, 7) is -0.0781. The van der Waals surface area contributed by atoms with E-state index in [2.05, 4.69) is 31.4 Å². The number of ether oxygens (including phenoxy) is 1. The number of hydrogen-bond donors (Lipinski definition) is 2. The van der Waals surface area contributed by atoms with E-state index >= 15 is 0 Å². The first-order chi connectivity index (χ1) is 14.3. The van der Waals surface area contributed by atoms with Crippen LogP contribution in [0.5, 0.6) is 5.75 Å². The fraction of sp³-hybridized carbons (Fsp3) is 0.158. The van der Waals surface area contributed by atoms with Gasteiger partial charge in [0.25, 0.3) is 0 Å². The van der Waals surface area contributed by atoms with E-state index in [1.54, 1.807) is 24.3 Å². The SMILES string of the molecule is O=C(O)CC1SC(=NN=Cc2cc(Br)ccc2OCc2c(F)cccc2Cl)NC1=O. The van der Waals surface area contributed by atoms with E-state index < -0.39 is 22.9 Å². The average Bonchev–Trinajstić information content (AvgIpc) is 3.01. The van der Waals surface area contributed by atoms with Crippen LogP contribution in [0.3, 0.4) is 0 Å². The van der Waals surface area contributed by atoms with Crippen LogP contribution in [-0.2, 0) is 16.2 Å². The number of hydrogen-bond acceptors (Lipinski definition) is 6. The van der Waals surface area contributed by atoms with Crippen LogP contribution in [0.1, 0.15) is 17.5 Å².